The van der Waals surface area contributed by atoms with Crippen molar-refractivity contribution in [2.24, 2.45) is 4.99 Å². The lowest BCUT2D eigenvalue weighted by atomic mass is 10.1. The van der Waals surface area contributed by atoms with Crippen LogP contribution in [0.4, 0.5) is 8.78 Å². The predicted octanol–water partition coefficient (Wildman–Crippen LogP) is 2.96. The van der Waals surface area contributed by atoms with Crippen LogP contribution in [0.15, 0.2) is 22.2 Å². The summed E-state index contributed by atoms with van der Waals surface area (Å²) in [6.07, 6.45) is 3.29. The third-order valence-electron chi connectivity index (χ3n) is 2.47. The standard InChI is InChI=1S/C12H14F2N2O2S/c1-12(2)6-17-10(16-12)7-5-15-9(18-11(13)14)4-8(7)19-3/h4-5,11H,6H2,1-3H3. The van der Waals surface area contributed by atoms with Crippen LogP contribution in [0.5, 0.6) is 5.88 Å². The Morgan fingerprint density at radius 1 is 1.47 bits per heavy atom. The Hall–Kier alpha value is -1.37. The van der Waals surface area contributed by atoms with Crippen molar-refractivity contribution in [2.45, 2.75) is 30.9 Å². The van der Waals surface area contributed by atoms with E-state index in [0.29, 0.717) is 18.1 Å². The van der Waals surface area contributed by atoms with Gasteiger partial charge in [-0.1, -0.05) is 0 Å². The van der Waals surface area contributed by atoms with Gasteiger partial charge in [0.15, 0.2) is 0 Å². The molecule has 0 aromatic carbocycles. The van der Waals surface area contributed by atoms with Gasteiger partial charge in [-0.05, 0) is 20.1 Å². The molecule has 1 aliphatic heterocycles. The number of hydrogen-bond acceptors (Lipinski definition) is 5. The first-order valence-corrected chi connectivity index (χ1v) is 6.85. The van der Waals surface area contributed by atoms with E-state index in [1.165, 1.54) is 24.0 Å². The number of nitrogens with zero attached hydrogens (tertiary/aromatic N) is 2. The Morgan fingerprint density at radius 3 is 2.74 bits per heavy atom. The molecule has 0 saturated heterocycles. The summed E-state index contributed by atoms with van der Waals surface area (Å²) in [5, 5.41) is 0. The van der Waals surface area contributed by atoms with Crippen molar-refractivity contribution in [1.82, 2.24) is 4.98 Å². The molecule has 2 rings (SSSR count). The van der Waals surface area contributed by atoms with Gasteiger partial charge in [-0.2, -0.15) is 8.78 Å². The second-order valence-corrected chi connectivity index (χ2v) is 5.47. The minimum Gasteiger partial charge on any atom is -0.475 e. The lowest BCUT2D eigenvalue weighted by molar-refractivity contribution is -0.0530. The first-order valence-electron chi connectivity index (χ1n) is 5.63. The summed E-state index contributed by atoms with van der Waals surface area (Å²) in [7, 11) is 0. The van der Waals surface area contributed by atoms with Gasteiger partial charge in [-0.25, -0.2) is 9.98 Å². The van der Waals surface area contributed by atoms with Gasteiger partial charge in [-0.3, -0.25) is 0 Å². The average molecular weight is 288 g/mol. The Labute approximate surface area is 114 Å². The van der Waals surface area contributed by atoms with Crippen LogP contribution in [0.3, 0.4) is 0 Å². The van der Waals surface area contributed by atoms with Crippen molar-refractivity contribution in [3.63, 3.8) is 0 Å². The molecule has 1 aliphatic rings. The molecule has 0 aliphatic carbocycles. The molecule has 0 unspecified atom stereocenters. The van der Waals surface area contributed by atoms with Crippen LogP contribution in [0.2, 0.25) is 0 Å². The lowest BCUT2D eigenvalue weighted by Gasteiger charge is -2.09. The highest BCUT2D eigenvalue weighted by Gasteiger charge is 2.28. The molecule has 0 radical (unpaired) electrons. The number of rotatable bonds is 4. The maximum absolute atomic E-state index is 12.1. The van der Waals surface area contributed by atoms with Crippen LogP contribution in [0.25, 0.3) is 0 Å². The molecule has 7 heteroatoms. The average Bonchev–Trinajstić information content (AvgIpc) is 2.68. The molecule has 0 N–H and O–H groups in total. The Balaban J connectivity index is 2.32. The van der Waals surface area contributed by atoms with Gasteiger partial charge in [-0.15, -0.1) is 11.8 Å². The van der Waals surface area contributed by atoms with E-state index in [1.807, 2.05) is 20.1 Å². The molecule has 104 valence electrons. The second-order valence-electron chi connectivity index (χ2n) is 4.62. The third kappa shape index (κ3) is 3.34. The highest BCUT2D eigenvalue weighted by Crippen LogP contribution is 2.28. The molecule has 0 atom stereocenters. The molecular formula is C12H14F2N2O2S. The fourth-order valence-electron chi connectivity index (χ4n) is 1.63. The zero-order valence-corrected chi connectivity index (χ0v) is 11.6. The molecule has 0 bridgehead atoms. The summed E-state index contributed by atoms with van der Waals surface area (Å²) in [5.74, 6) is 0.381. The number of pyridine rings is 1. The van der Waals surface area contributed by atoms with Gasteiger partial charge < -0.3 is 9.47 Å². The molecule has 1 aromatic rings. The van der Waals surface area contributed by atoms with Crippen LogP contribution in [0, 0.1) is 0 Å². The molecule has 4 nitrogen and oxygen atoms in total. The van der Waals surface area contributed by atoms with Crippen molar-refractivity contribution in [1.29, 1.82) is 0 Å². The van der Waals surface area contributed by atoms with Gasteiger partial charge in [0.05, 0.1) is 11.1 Å². The fourth-order valence-corrected chi connectivity index (χ4v) is 2.21. The van der Waals surface area contributed by atoms with Gasteiger partial charge in [0.2, 0.25) is 11.8 Å². The smallest absolute Gasteiger partial charge is 0.388 e. The molecule has 0 saturated carbocycles. The topological polar surface area (TPSA) is 43.7 Å². The Kier molecular flexibility index (Phi) is 3.93. The van der Waals surface area contributed by atoms with Crippen LogP contribution >= 0.6 is 11.8 Å². The van der Waals surface area contributed by atoms with E-state index in [0.717, 1.165) is 4.90 Å². The first kappa shape index (κ1) is 14.0. The maximum Gasteiger partial charge on any atom is 0.388 e. The molecule has 0 spiro atoms. The highest BCUT2D eigenvalue weighted by molar-refractivity contribution is 7.98. The van der Waals surface area contributed by atoms with Crippen molar-refractivity contribution in [3.05, 3.63) is 17.8 Å². The van der Waals surface area contributed by atoms with Crippen molar-refractivity contribution in [3.8, 4) is 5.88 Å². The molecule has 0 fully saturated rings. The van der Waals surface area contributed by atoms with E-state index in [-0.39, 0.29) is 11.4 Å². The van der Waals surface area contributed by atoms with Gasteiger partial charge in [0.25, 0.3) is 0 Å². The third-order valence-corrected chi connectivity index (χ3v) is 3.24. The molecule has 1 aromatic heterocycles. The van der Waals surface area contributed by atoms with E-state index in [1.54, 1.807) is 0 Å². The monoisotopic (exact) mass is 288 g/mol. The predicted molar refractivity (Wildman–Crippen MR) is 69.2 cm³/mol. The molecule has 0 amide bonds. The Morgan fingerprint density at radius 2 is 2.21 bits per heavy atom. The zero-order valence-electron chi connectivity index (χ0n) is 10.8. The number of halogens is 2. The van der Waals surface area contributed by atoms with E-state index >= 15 is 0 Å². The van der Waals surface area contributed by atoms with E-state index in [2.05, 4.69) is 14.7 Å². The number of ether oxygens (including phenoxy) is 2. The molecule has 2 heterocycles. The van der Waals surface area contributed by atoms with E-state index in [4.69, 9.17) is 4.74 Å². The number of aromatic nitrogens is 1. The number of thioether (sulfide) groups is 1. The minimum atomic E-state index is -2.88. The largest absolute Gasteiger partial charge is 0.475 e. The summed E-state index contributed by atoms with van der Waals surface area (Å²) in [6, 6.07) is 1.46. The van der Waals surface area contributed by atoms with Crippen molar-refractivity contribution < 1.29 is 18.3 Å². The second kappa shape index (κ2) is 5.32. The molecular weight excluding hydrogens is 274 g/mol. The van der Waals surface area contributed by atoms with Crippen molar-refractivity contribution in [2.75, 3.05) is 12.9 Å². The van der Waals surface area contributed by atoms with Crippen LogP contribution < -0.4 is 4.74 Å². The summed E-state index contributed by atoms with van der Waals surface area (Å²) < 4.78 is 34.1. The Bertz CT molecular complexity index is 507. The van der Waals surface area contributed by atoms with Crippen LogP contribution in [0.1, 0.15) is 19.4 Å². The van der Waals surface area contributed by atoms with Gasteiger partial charge in [0, 0.05) is 17.2 Å². The lowest BCUT2D eigenvalue weighted by Crippen LogP contribution is -2.17. The summed E-state index contributed by atoms with van der Waals surface area (Å²) in [4.78, 5) is 9.02. The summed E-state index contributed by atoms with van der Waals surface area (Å²) in [5.41, 5.74) is 0.420. The van der Waals surface area contributed by atoms with Crippen molar-refractivity contribution >= 4 is 17.7 Å². The summed E-state index contributed by atoms with van der Waals surface area (Å²) in [6.45, 7) is 1.53. The van der Waals surface area contributed by atoms with Crippen LogP contribution in [-0.2, 0) is 4.74 Å². The van der Waals surface area contributed by atoms with Gasteiger partial charge >= 0.3 is 6.61 Å². The first-order chi connectivity index (χ1) is 8.91. The normalized spacial score (nSPS) is 17.3. The van der Waals surface area contributed by atoms with E-state index < -0.39 is 6.61 Å². The zero-order chi connectivity index (χ0) is 14.0. The van der Waals surface area contributed by atoms with E-state index in [9.17, 15) is 8.78 Å². The van der Waals surface area contributed by atoms with Gasteiger partial charge in [0.1, 0.15) is 6.61 Å². The SMILES string of the molecule is CSc1cc(OC(F)F)ncc1C1=NC(C)(C)CO1. The quantitative estimate of drug-likeness (QED) is 0.799. The number of hydrogen-bond donors (Lipinski definition) is 0. The maximum atomic E-state index is 12.1. The number of alkyl halides is 2. The molecule has 19 heavy (non-hydrogen) atoms. The number of aliphatic imine (C=N–C) groups is 1. The minimum absolute atomic E-state index is 0.110. The summed E-state index contributed by atoms with van der Waals surface area (Å²) >= 11 is 1.40. The van der Waals surface area contributed by atoms with Crippen LogP contribution in [-0.4, -0.2) is 35.9 Å². The fraction of sp³-hybridized carbons (Fsp3) is 0.500. The highest BCUT2D eigenvalue weighted by atomic mass is 32.2.